The van der Waals surface area contributed by atoms with Gasteiger partial charge in [0.25, 0.3) is 0 Å². The number of nitrogens with zero attached hydrogens (tertiary/aromatic N) is 1. The Labute approximate surface area is 196 Å². The highest BCUT2D eigenvalue weighted by Gasteiger charge is 1.88. The SMILES string of the molecule is C[N+](C)(C)C.I.I.I.I.I.I.[I-]. The molecule has 0 fully saturated rings. The van der Waals surface area contributed by atoms with Crippen LogP contribution in [-0.2, 0) is 0 Å². The molecule has 0 aromatic heterocycles. The molecule has 0 saturated heterocycles. The number of rotatable bonds is 0. The van der Waals surface area contributed by atoms with Crippen molar-refractivity contribution in [2.45, 2.75) is 0 Å². The maximum atomic E-state index is 2.12. The molecule has 88 valence electrons. The lowest BCUT2D eigenvalue weighted by molar-refractivity contribution is -0.849. The van der Waals surface area contributed by atoms with Crippen LogP contribution in [0.4, 0.5) is 0 Å². The molecule has 0 atom stereocenters. The second kappa shape index (κ2) is 29.8. The van der Waals surface area contributed by atoms with Gasteiger partial charge in [-0.1, -0.05) is 0 Å². The van der Waals surface area contributed by atoms with E-state index in [1.807, 2.05) is 0 Å². The third kappa shape index (κ3) is 116. The predicted octanol–water partition coefficient (Wildman–Crippen LogP) is 1.03. The monoisotopic (exact) mass is 968 g/mol. The molecule has 0 N–H and O–H groups in total. The van der Waals surface area contributed by atoms with Crippen LogP contribution in [0.15, 0.2) is 0 Å². The van der Waals surface area contributed by atoms with Gasteiger partial charge in [0.05, 0.1) is 28.2 Å². The summed E-state index contributed by atoms with van der Waals surface area (Å²) in [4.78, 5) is 0. The van der Waals surface area contributed by atoms with Crippen LogP contribution in [0.2, 0.25) is 0 Å². The van der Waals surface area contributed by atoms with Crippen LogP contribution in [0.25, 0.3) is 0 Å². The Bertz CT molecular complexity index is 30.9. The molecule has 8 heteroatoms. The van der Waals surface area contributed by atoms with Crippen molar-refractivity contribution >= 4 is 144 Å². The zero-order valence-corrected chi connectivity index (χ0v) is 23.4. The molecule has 0 aromatic rings. The summed E-state index contributed by atoms with van der Waals surface area (Å²) in [5.41, 5.74) is 0. The van der Waals surface area contributed by atoms with Gasteiger partial charge in [-0.25, -0.2) is 0 Å². The Balaban J connectivity index is -0.00000000381. The summed E-state index contributed by atoms with van der Waals surface area (Å²) in [6.07, 6.45) is 0. The fourth-order valence-electron chi connectivity index (χ4n) is 0. The van der Waals surface area contributed by atoms with Gasteiger partial charge < -0.3 is 28.5 Å². The molecule has 0 saturated carbocycles. The van der Waals surface area contributed by atoms with Crippen LogP contribution in [0, 0.1) is 0 Å². The molecule has 0 aliphatic carbocycles. The third-order valence-electron chi connectivity index (χ3n) is 0. The normalized spacial score (nSPS) is 5.00. The minimum Gasteiger partial charge on any atom is -1.00 e. The zero-order valence-electron chi connectivity index (χ0n) is 7.27. The molecule has 0 amide bonds. The van der Waals surface area contributed by atoms with Gasteiger partial charge in [-0.3, -0.25) is 0 Å². The lowest BCUT2D eigenvalue weighted by Crippen LogP contribution is -3.00. The van der Waals surface area contributed by atoms with Crippen LogP contribution in [-0.4, -0.2) is 32.7 Å². The lowest BCUT2D eigenvalue weighted by Gasteiger charge is -2.14. The molecule has 12 heavy (non-hydrogen) atoms. The van der Waals surface area contributed by atoms with E-state index in [0.29, 0.717) is 0 Å². The summed E-state index contributed by atoms with van der Waals surface area (Å²) in [5, 5.41) is 0. The average molecular weight is 969 g/mol. The van der Waals surface area contributed by atoms with E-state index in [1.54, 1.807) is 0 Å². The van der Waals surface area contributed by atoms with E-state index in [9.17, 15) is 0 Å². The second-order valence-electron chi connectivity index (χ2n) is 2.68. The Hall–Kier alpha value is 5.07. The highest BCUT2D eigenvalue weighted by Crippen LogP contribution is 1.73. The van der Waals surface area contributed by atoms with Crippen LogP contribution in [0.1, 0.15) is 0 Å². The highest BCUT2D eigenvalue weighted by molar-refractivity contribution is 14.0. The number of hydrogen-bond donors (Lipinski definition) is 0. The van der Waals surface area contributed by atoms with Gasteiger partial charge in [-0.2, -0.15) is 0 Å². The standard InChI is InChI=1S/C4H12N.7HI/c1-5(2,3)4;;;;;;;/h1-4H3;7*1H/q+1;;;;;;;/p-1. The molecule has 0 aliphatic heterocycles. The molecule has 1 nitrogen and oxygen atoms in total. The third-order valence-corrected chi connectivity index (χ3v) is 0. The molecule has 0 rings (SSSR count). The van der Waals surface area contributed by atoms with Crippen molar-refractivity contribution in [3.8, 4) is 0 Å². The first kappa shape index (κ1) is 53.6. The molecule has 0 radical (unpaired) electrons. The van der Waals surface area contributed by atoms with E-state index in [1.165, 1.54) is 0 Å². The Morgan fingerprint density at radius 3 is 0.500 bits per heavy atom. The Kier molecular flexibility index (Phi) is 133. The van der Waals surface area contributed by atoms with E-state index < -0.39 is 0 Å². The minimum absolute atomic E-state index is 0. The highest BCUT2D eigenvalue weighted by atomic mass is 127. The molecule has 0 bridgehead atoms. The molecule has 0 unspecified atom stereocenters. The van der Waals surface area contributed by atoms with Gasteiger partial charge in [0.15, 0.2) is 0 Å². The molecular weight excluding hydrogens is 950 g/mol. The second-order valence-corrected chi connectivity index (χ2v) is 2.68. The Morgan fingerprint density at radius 1 is 0.500 bits per heavy atom. The van der Waals surface area contributed by atoms with Crippen LogP contribution in [0.3, 0.4) is 0 Å². The van der Waals surface area contributed by atoms with Crippen molar-refractivity contribution in [3.05, 3.63) is 0 Å². The van der Waals surface area contributed by atoms with Gasteiger partial charge in [-0.05, 0) is 0 Å². The first-order valence-electron chi connectivity index (χ1n) is 1.79. The van der Waals surface area contributed by atoms with Crippen molar-refractivity contribution in [2.75, 3.05) is 28.2 Å². The maximum absolute atomic E-state index is 2.12. The summed E-state index contributed by atoms with van der Waals surface area (Å²) >= 11 is 0. The van der Waals surface area contributed by atoms with Gasteiger partial charge in [0.2, 0.25) is 0 Å². The lowest BCUT2D eigenvalue weighted by atomic mass is 10.8. The van der Waals surface area contributed by atoms with Gasteiger partial charge in [0.1, 0.15) is 0 Å². The van der Waals surface area contributed by atoms with E-state index in [0.717, 1.165) is 4.48 Å². The van der Waals surface area contributed by atoms with Crippen molar-refractivity contribution in [3.63, 3.8) is 0 Å². The molecule has 0 aliphatic rings. The number of quaternary nitrogens is 1. The summed E-state index contributed by atoms with van der Waals surface area (Å²) in [6, 6.07) is 0. The average Bonchev–Trinajstić information content (AvgIpc) is 0.722. The number of hydrogen-bond acceptors (Lipinski definition) is 0. The minimum atomic E-state index is 0. The van der Waals surface area contributed by atoms with E-state index >= 15 is 0 Å². The van der Waals surface area contributed by atoms with Gasteiger partial charge in [0, 0.05) is 0 Å². The van der Waals surface area contributed by atoms with E-state index in [2.05, 4.69) is 28.2 Å². The zero-order chi connectivity index (χ0) is 4.50. The fourth-order valence-corrected chi connectivity index (χ4v) is 0. The van der Waals surface area contributed by atoms with Crippen molar-refractivity contribution in [2.24, 2.45) is 0 Å². The van der Waals surface area contributed by atoms with Crippen LogP contribution in [0.5, 0.6) is 0 Å². The topological polar surface area (TPSA) is 0 Å². The summed E-state index contributed by atoms with van der Waals surface area (Å²) in [6.45, 7) is 0. The summed E-state index contributed by atoms with van der Waals surface area (Å²) < 4.78 is 1.00. The Morgan fingerprint density at radius 2 is 0.500 bits per heavy atom. The molecule has 0 heterocycles. The van der Waals surface area contributed by atoms with Crippen molar-refractivity contribution in [1.82, 2.24) is 0 Å². The first-order valence-corrected chi connectivity index (χ1v) is 1.79. The van der Waals surface area contributed by atoms with Gasteiger partial charge in [-0.15, -0.1) is 144 Å². The fraction of sp³-hybridized carbons (Fsp3) is 1.00. The first-order chi connectivity index (χ1) is 2.00. The van der Waals surface area contributed by atoms with E-state index in [4.69, 9.17) is 0 Å². The summed E-state index contributed by atoms with van der Waals surface area (Å²) in [7, 11) is 8.50. The van der Waals surface area contributed by atoms with Gasteiger partial charge >= 0.3 is 0 Å². The molecular formula is C4H18I7N. The van der Waals surface area contributed by atoms with Crippen molar-refractivity contribution < 1.29 is 28.5 Å². The number of halogens is 7. The van der Waals surface area contributed by atoms with E-state index in [-0.39, 0.29) is 168 Å². The van der Waals surface area contributed by atoms with Crippen molar-refractivity contribution in [1.29, 1.82) is 0 Å². The van der Waals surface area contributed by atoms with Crippen LogP contribution >= 0.6 is 144 Å². The molecule has 0 spiro atoms. The summed E-state index contributed by atoms with van der Waals surface area (Å²) in [5.74, 6) is 0. The maximum Gasteiger partial charge on any atom is 0.0675 e. The van der Waals surface area contributed by atoms with Crippen LogP contribution < -0.4 is 24.0 Å². The molecule has 0 aromatic carbocycles. The largest absolute Gasteiger partial charge is 1.00 e. The smallest absolute Gasteiger partial charge is 0.0675 e. The quantitative estimate of drug-likeness (QED) is 0.252. The predicted molar refractivity (Wildman–Crippen MR) is 116 cm³/mol.